The van der Waals surface area contributed by atoms with Gasteiger partial charge in [-0.25, -0.2) is 0 Å². The highest BCUT2D eigenvalue weighted by Crippen LogP contribution is 2.26. The van der Waals surface area contributed by atoms with Crippen LogP contribution < -0.4 is 11.1 Å². The third-order valence-electron chi connectivity index (χ3n) is 3.95. The quantitative estimate of drug-likeness (QED) is 0.698. The van der Waals surface area contributed by atoms with E-state index < -0.39 is 0 Å². The zero-order chi connectivity index (χ0) is 13.0. The van der Waals surface area contributed by atoms with E-state index in [1.165, 1.54) is 12.8 Å². The van der Waals surface area contributed by atoms with Gasteiger partial charge in [0.2, 0.25) is 5.91 Å². The molecule has 0 bridgehead atoms. The lowest BCUT2D eigenvalue weighted by Crippen LogP contribution is -2.48. The van der Waals surface area contributed by atoms with Gasteiger partial charge in [0.25, 0.3) is 0 Å². The van der Waals surface area contributed by atoms with Crippen LogP contribution in [0.4, 0.5) is 0 Å². The molecule has 0 heterocycles. The van der Waals surface area contributed by atoms with Gasteiger partial charge in [-0.05, 0) is 32.7 Å². The van der Waals surface area contributed by atoms with Crippen molar-refractivity contribution in [1.29, 1.82) is 0 Å². The summed E-state index contributed by atoms with van der Waals surface area (Å²) in [7, 11) is 2.13. The first-order chi connectivity index (χ1) is 7.97. The molecule has 1 rings (SSSR count). The maximum absolute atomic E-state index is 11.8. The van der Waals surface area contributed by atoms with Gasteiger partial charge in [0.1, 0.15) is 0 Å². The Kier molecular flexibility index (Phi) is 5.40. The number of nitrogens with two attached hydrogens (primary N) is 1. The van der Waals surface area contributed by atoms with Crippen LogP contribution in [0.1, 0.15) is 40.0 Å². The molecule has 0 radical (unpaired) electrons. The van der Waals surface area contributed by atoms with Gasteiger partial charge < -0.3 is 11.1 Å². The first kappa shape index (κ1) is 14.5. The van der Waals surface area contributed by atoms with Crippen molar-refractivity contribution in [3.63, 3.8) is 0 Å². The van der Waals surface area contributed by atoms with Gasteiger partial charge in [-0.15, -0.1) is 0 Å². The first-order valence-corrected chi connectivity index (χ1v) is 6.72. The summed E-state index contributed by atoms with van der Waals surface area (Å²) in [6, 6.07) is 0.735. The lowest BCUT2D eigenvalue weighted by Gasteiger charge is -2.26. The van der Waals surface area contributed by atoms with Gasteiger partial charge in [-0.3, -0.25) is 9.69 Å². The Balaban J connectivity index is 2.26. The van der Waals surface area contributed by atoms with Crippen LogP contribution in [0.2, 0.25) is 0 Å². The van der Waals surface area contributed by atoms with Crippen molar-refractivity contribution in [1.82, 2.24) is 10.2 Å². The zero-order valence-corrected chi connectivity index (χ0v) is 11.6. The van der Waals surface area contributed by atoms with Crippen LogP contribution in [-0.2, 0) is 4.79 Å². The topological polar surface area (TPSA) is 58.4 Å². The van der Waals surface area contributed by atoms with E-state index in [2.05, 4.69) is 31.1 Å². The predicted octanol–water partition coefficient (Wildman–Crippen LogP) is 0.959. The molecule has 0 aromatic carbocycles. The van der Waals surface area contributed by atoms with Crippen LogP contribution in [0.25, 0.3) is 0 Å². The number of likely N-dealkylation sites (N-methyl/N-ethyl adjacent to an activating group) is 1. The molecular formula is C13H27N3O. The fourth-order valence-corrected chi connectivity index (χ4v) is 1.86. The Morgan fingerprint density at radius 2 is 2.06 bits per heavy atom. The molecular weight excluding hydrogens is 214 g/mol. The van der Waals surface area contributed by atoms with E-state index in [1.807, 2.05) is 6.92 Å². The number of nitrogens with zero attached hydrogens (tertiary/aromatic N) is 1. The molecule has 1 saturated carbocycles. The van der Waals surface area contributed by atoms with E-state index >= 15 is 0 Å². The van der Waals surface area contributed by atoms with Crippen molar-refractivity contribution in [3.8, 4) is 0 Å². The third kappa shape index (κ3) is 4.28. The third-order valence-corrected chi connectivity index (χ3v) is 3.95. The summed E-state index contributed by atoms with van der Waals surface area (Å²) in [5.41, 5.74) is 5.88. The minimum absolute atomic E-state index is 0.0182. The SMILES string of the molecule is CC[C@H](C)[C@H](N)C(=O)NCC(C)N(C)C1CC1. The van der Waals surface area contributed by atoms with Crippen LogP contribution in [0.15, 0.2) is 0 Å². The van der Waals surface area contributed by atoms with Crippen LogP contribution in [0.5, 0.6) is 0 Å². The summed E-state index contributed by atoms with van der Waals surface area (Å²) in [6.45, 7) is 6.91. The van der Waals surface area contributed by atoms with Gasteiger partial charge in [-0.2, -0.15) is 0 Å². The van der Waals surface area contributed by atoms with Crippen molar-refractivity contribution in [2.45, 2.75) is 58.2 Å². The summed E-state index contributed by atoms with van der Waals surface area (Å²) < 4.78 is 0. The Bertz CT molecular complexity index is 253. The van der Waals surface area contributed by atoms with Crippen molar-refractivity contribution < 1.29 is 4.79 Å². The van der Waals surface area contributed by atoms with Gasteiger partial charge >= 0.3 is 0 Å². The second-order valence-electron chi connectivity index (χ2n) is 5.40. The van der Waals surface area contributed by atoms with Crippen molar-refractivity contribution in [2.24, 2.45) is 11.7 Å². The van der Waals surface area contributed by atoms with Crippen LogP contribution in [0, 0.1) is 5.92 Å². The van der Waals surface area contributed by atoms with Crippen LogP contribution >= 0.6 is 0 Å². The summed E-state index contributed by atoms with van der Waals surface area (Å²) >= 11 is 0. The maximum Gasteiger partial charge on any atom is 0.237 e. The summed E-state index contributed by atoms with van der Waals surface area (Å²) in [5.74, 6) is 0.224. The van der Waals surface area contributed by atoms with Gasteiger partial charge in [0.05, 0.1) is 6.04 Å². The molecule has 3 N–H and O–H groups in total. The van der Waals surface area contributed by atoms with Gasteiger partial charge in [-0.1, -0.05) is 20.3 Å². The molecule has 0 saturated heterocycles. The molecule has 1 amide bonds. The monoisotopic (exact) mass is 241 g/mol. The summed E-state index contributed by atoms with van der Waals surface area (Å²) in [4.78, 5) is 14.1. The van der Waals surface area contributed by atoms with Crippen LogP contribution in [0.3, 0.4) is 0 Å². The Morgan fingerprint density at radius 1 is 1.47 bits per heavy atom. The molecule has 3 atom stereocenters. The molecule has 1 aliphatic rings. The fourth-order valence-electron chi connectivity index (χ4n) is 1.86. The Hall–Kier alpha value is -0.610. The number of nitrogens with one attached hydrogen (secondary N) is 1. The smallest absolute Gasteiger partial charge is 0.237 e. The number of hydrogen-bond acceptors (Lipinski definition) is 3. The van der Waals surface area contributed by atoms with E-state index in [9.17, 15) is 4.79 Å². The summed E-state index contributed by atoms with van der Waals surface area (Å²) in [5, 5.41) is 2.96. The summed E-state index contributed by atoms with van der Waals surface area (Å²) in [6.07, 6.45) is 3.52. The largest absolute Gasteiger partial charge is 0.353 e. The van der Waals surface area contributed by atoms with Gasteiger partial charge in [0, 0.05) is 18.6 Å². The van der Waals surface area contributed by atoms with E-state index in [0.717, 1.165) is 12.5 Å². The minimum atomic E-state index is -0.376. The molecule has 0 spiro atoms. The lowest BCUT2D eigenvalue weighted by molar-refractivity contribution is -0.123. The fraction of sp³-hybridized carbons (Fsp3) is 0.923. The highest BCUT2D eigenvalue weighted by Gasteiger charge is 2.29. The van der Waals surface area contributed by atoms with Crippen molar-refractivity contribution >= 4 is 5.91 Å². The highest BCUT2D eigenvalue weighted by molar-refractivity contribution is 5.81. The van der Waals surface area contributed by atoms with E-state index in [4.69, 9.17) is 5.73 Å². The minimum Gasteiger partial charge on any atom is -0.353 e. The molecule has 4 nitrogen and oxygen atoms in total. The average molecular weight is 241 g/mol. The molecule has 0 aliphatic heterocycles. The zero-order valence-electron chi connectivity index (χ0n) is 11.6. The maximum atomic E-state index is 11.8. The highest BCUT2D eigenvalue weighted by atomic mass is 16.2. The molecule has 100 valence electrons. The lowest BCUT2D eigenvalue weighted by atomic mass is 9.99. The predicted molar refractivity (Wildman–Crippen MR) is 70.7 cm³/mol. The number of rotatable bonds is 7. The van der Waals surface area contributed by atoms with Crippen molar-refractivity contribution in [3.05, 3.63) is 0 Å². The standard InChI is InChI=1S/C13H27N3O/c1-5-9(2)12(14)13(17)15-8-10(3)16(4)11-6-7-11/h9-12H,5-8,14H2,1-4H3,(H,15,17)/t9-,10?,12-/m0/s1. The molecule has 4 heteroatoms. The first-order valence-electron chi connectivity index (χ1n) is 6.72. The number of amides is 1. The average Bonchev–Trinajstić information content (AvgIpc) is 3.16. The van der Waals surface area contributed by atoms with Gasteiger partial charge in [0.15, 0.2) is 0 Å². The van der Waals surface area contributed by atoms with Crippen molar-refractivity contribution in [2.75, 3.05) is 13.6 Å². The van der Waals surface area contributed by atoms with E-state index in [0.29, 0.717) is 12.6 Å². The van der Waals surface area contributed by atoms with E-state index in [-0.39, 0.29) is 17.9 Å². The molecule has 0 aromatic heterocycles. The Morgan fingerprint density at radius 3 is 2.53 bits per heavy atom. The number of carbonyl (C=O) groups is 1. The second kappa shape index (κ2) is 6.36. The molecule has 1 fully saturated rings. The number of hydrogen-bond donors (Lipinski definition) is 2. The van der Waals surface area contributed by atoms with Crippen LogP contribution in [-0.4, -0.2) is 42.5 Å². The number of carbonyl (C=O) groups excluding carboxylic acids is 1. The molecule has 1 aliphatic carbocycles. The van der Waals surface area contributed by atoms with E-state index in [1.54, 1.807) is 0 Å². The molecule has 17 heavy (non-hydrogen) atoms. The molecule has 1 unspecified atom stereocenters. The Labute approximate surface area is 105 Å². The normalized spacial score (nSPS) is 21.1. The second-order valence-corrected chi connectivity index (χ2v) is 5.40. The molecule has 0 aromatic rings.